The Morgan fingerprint density at radius 2 is 1.83 bits per heavy atom. The zero-order chi connectivity index (χ0) is 25.7. The van der Waals surface area contributed by atoms with Crippen molar-refractivity contribution in [3.05, 3.63) is 65.9 Å². The molecule has 1 saturated heterocycles. The smallest absolute Gasteiger partial charge is 0.319 e. The third kappa shape index (κ3) is 6.31. The van der Waals surface area contributed by atoms with E-state index < -0.39 is 0 Å². The number of likely N-dealkylation sites (tertiary alicyclic amines) is 1. The summed E-state index contributed by atoms with van der Waals surface area (Å²) >= 11 is 0. The number of carbonyl (C=O) groups is 2. The molecule has 1 fully saturated rings. The second kappa shape index (κ2) is 11.4. The number of aromatic nitrogens is 1. The minimum atomic E-state index is -0.228. The number of fused-ring (bicyclic) bond motifs is 1. The lowest BCUT2D eigenvalue weighted by molar-refractivity contribution is -0.131. The van der Waals surface area contributed by atoms with Crippen LogP contribution in [0.5, 0.6) is 0 Å². The van der Waals surface area contributed by atoms with Crippen molar-refractivity contribution in [2.45, 2.75) is 25.8 Å². The molecule has 3 aromatic rings. The van der Waals surface area contributed by atoms with Gasteiger partial charge in [0.15, 0.2) is 0 Å². The molecule has 36 heavy (non-hydrogen) atoms. The summed E-state index contributed by atoms with van der Waals surface area (Å²) in [6.07, 6.45) is 1.35. The molecule has 0 radical (unpaired) electrons. The quantitative estimate of drug-likeness (QED) is 0.507. The van der Waals surface area contributed by atoms with Gasteiger partial charge in [0, 0.05) is 70.1 Å². The number of benzene rings is 2. The van der Waals surface area contributed by atoms with Crippen LogP contribution in [-0.4, -0.2) is 80.1 Å². The number of para-hydroxylation sites is 1. The first kappa shape index (κ1) is 25.4. The fraction of sp³-hybridized carbons (Fsp3) is 0.393. The molecule has 2 N–H and O–H groups in total. The number of aryl methyl sites for hydroxylation is 1. The van der Waals surface area contributed by atoms with E-state index in [1.54, 1.807) is 0 Å². The lowest BCUT2D eigenvalue weighted by atomic mass is 10.1. The summed E-state index contributed by atoms with van der Waals surface area (Å²) in [6, 6.07) is 17.8. The van der Waals surface area contributed by atoms with E-state index in [2.05, 4.69) is 20.5 Å². The van der Waals surface area contributed by atoms with Gasteiger partial charge in [-0.15, -0.1) is 0 Å². The number of urea groups is 1. The molecule has 0 saturated carbocycles. The van der Waals surface area contributed by atoms with E-state index in [1.807, 2.05) is 92.5 Å². The molecule has 1 aliphatic rings. The van der Waals surface area contributed by atoms with Crippen LogP contribution in [0, 0.1) is 6.92 Å². The molecular weight excluding hydrogens is 452 g/mol. The lowest BCUT2D eigenvalue weighted by Gasteiger charge is -2.25. The van der Waals surface area contributed by atoms with Crippen molar-refractivity contribution in [2.75, 3.05) is 57.5 Å². The van der Waals surface area contributed by atoms with Crippen molar-refractivity contribution in [1.29, 1.82) is 0 Å². The molecule has 8 nitrogen and oxygen atoms in total. The SMILES string of the molecule is Cc1cc(NC(=O)NCCN2CCC(N(C)C(=O)Cc3ccc(N(C)C)cc3)C2)c2ccccc2n1. The summed E-state index contributed by atoms with van der Waals surface area (Å²) in [7, 11) is 5.91. The number of nitrogens with one attached hydrogen (secondary N) is 2. The van der Waals surface area contributed by atoms with Crippen molar-refractivity contribution < 1.29 is 9.59 Å². The van der Waals surface area contributed by atoms with Gasteiger partial charge in [0.2, 0.25) is 5.91 Å². The van der Waals surface area contributed by atoms with Gasteiger partial charge in [-0.05, 0) is 43.2 Å². The maximum atomic E-state index is 12.8. The molecule has 8 heteroatoms. The van der Waals surface area contributed by atoms with Gasteiger partial charge < -0.3 is 20.4 Å². The van der Waals surface area contributed by atoms with Gasteiger partial charge in [-0.25, -0.2) is 4.79 Å². The standard InChI is InChI=1S/C28H36N6O2/c1-20-17-26(24-7-5-6-8-25(24)30-20)31-28(36)29-14-16-34-15-13-23(19-34)33(4)27(35)18-21-9-11-22(12-10-21)32(2)3/h5-12,17,23H,13-16,18-19H2,1-4H3,(H2,29,30,31,36). The summed E-state index contributed by atoms with van der Waals surface area (Å²) in [4.78, 5) is 36.1. The average molecular weight is 489 g/mol. The Kier molecular flexibility index (Phi) is 8.05. The highest BCUT2D eigenvalue weighted by atomic mass is 16.2. The van der Waals surface area contributed by atoms with Crippen molar-refractivity contribution in [1.82, 2.24) is 20.1 Å². The Morgan fingerprint density at radius 3 is 2.58 bits per heavy atom. The average Bonchev–Trinajstić information content (AvgIpc) is 3.32. The van der Waals surface area contributed by atoms with Crippen molar-refractivity contribution in [3.8, 4) is 0 Å². The van der Waals surface area contributed by atoms with Crippen LogP contribution in [0.2, 0.25) is 0 Å². The predicted molar refractivity (Wildman–Crippen MR) is 146 cm³/mol. The molecule has 190 valence electrons. The van der Waals surface area contributed by atoms with E-state index >= 15 is 0 Å². The summed E-state index contributed by atoms with van der Waals surface area (Å²) in [5.74, 6) is 0.136. The molecule has 1 atom stereocenters. The molecule has 1 aliphatic heterocycles. The lowest BCUT2D eigenvalue weighted by Crippen LogP contribution is -2.41. The third-order valence-electron chi connectivity index (χ3n) is 6.80. The van der Waals surface area contributed by atoms with Crippen LogP contribution in [0.3, 0.4) is 0 Å². The molecule has 0 spiro atoms. The van der Waals surface area contributed by atoms with Gasteiger partial charge in [0.05, 0.1) is 17.6 Å². The highest BCUT2D eigenvalue weighted by Crippen LogP contribution is 2.23. The second-order valence-electron chi connectivity index (χ2n) is 9.69. The van der Waals surface area contributed by atoms with Gasteiger partial charge in [-0.2, -0.15) is 0 Å². The van der Waals surface area contributed by atoms with Crippen molar-refractivity contribution in [2.24, 2.45) is 0 Å². The van der Waals surface area contributed by atoms with Crippen molar-refractivity contribution in [3.63, 3.8) is 0 Å². The summed E-state index contributed by atoms with van der Waals surface area (Å²) < 4.78 is 0. The molecule has 2 heterocycles. The van der Waals surface area contributed by atoms with Crippen LogP contribution in [0.25, 0.3) is 10.9 Å². The molecule has 1 unspecified atom stereocenters. The molecule has 2 aromatic carbocycles. The number of nitrogens with zero attached hydrogens (tertiary/aromatic N) is 4. The first-order chi connectivity index (χ1) is 17.3. The van der Waals surface area contributed by atoms with E-state index in [0.29, 0.717) is 13.0 Å². The fourth-order valence-corrected chi connectivity index (χ4v) is 4.65. The Hall–Kier alpha value is -3.65. The molecule has 1 aromatic heterocycles. The zero-order valence-electron chi connectivity index (χ0n) is 21.6. The van der Waals surface area contributed by atoms with Crippen LogP contribution in [0.15, 0.2) is 54.6 Å². The topological polar surface area (TPSA) is 80.8 Å². The van der Waals surface area contributed by atoms with Gasteiger partial charge in [0.25, 0.3) is 0 Å². The minimum absolute atomic E-state index is 0.136. The van der Waals surface area contributed by atoms with Crippen LogP contribution < -0.4 is 15.5 Å². The Labute approximate surface area is 213 Å². The Balaban J connectivity index is 1.21. The first-order valence-electron chi connectivity index (χ1n) is 12.5. The van der Waals surface area contributed by atoms with Crippen LogP contribution >= 0.6 is 0 Å². The van der Waals surface area contributed by atoms with E-state index in [0.717, 1.165) is 59.6 Å². The fourth-order valence-electron chi connectivity index (χ4n) is 4.65. The van der Waals surface area contributed by atoms with Gasteiger partial charge in [-0.1, -0.05) is 30.3 Å². The number of carbonyl (C=O) groups excluding carboxylic acids is 2. The second-order valence-corrected chi connectivity index (χ2v) is 9.69. The monoisotopic (exact) mass is 488 g/mol. The molecule has 3 amide bonds. The maximum Gasteiger partial charge on any atom is 0.319 e. The zero-order valence-corrected chi connectivity index (χ0v) is 21.6. The molecular formula is C28H36N6O2. The van der Waals surface area contributed by atoms with E-state index in [4.69, 9.17) is 0 Å². The maximum absolute atomic E-state index is 12.8. The molecule has 4 rings (SSSR count). The first-order valence-corrected chi connectivity index (χ1v) is 12.5. The van der Waals surface area contributed by atoms with Gasteiger partial charge >= 0.3 is 6.03 Å². The number of likely N-dealkylation sites (N-methyl/N-ethyl adjacent to an activating group) is 1. The largest absolute Gasteiger partial charge is 0.378 e. The predicted octanol–water partition coefficient (Wildman–Crippen LogP) is 3.51. The number of hydrogen-bond donors (Lipinski definition) is 2. The van der Waals surface area contributed by atoms with E-state index in [1.165, 1.54) is 0 Å². The number of hydrogen-bond acceptors (Lipinski definition) is 5. The highest BCUT2D eigenvalue weighted by Gasteiger charge is 2.28. The summed E-state index contributed by atoms with van der Waals surface area (Å²) in [5.41, 5.74) is 4.63. The van der Waals surface area contributed by atoms with E-state index in [9.17, 15) is 9.59 Å². The van der Waals surface area contributed by atoms with Crippen LogP contribution in [-0.2, 0) is 11.2 Å². The third-order valence-corrected chi connectivity index (χ3v) is 6.80. The summed E-state index contributed by atoms with van der Waals surface area (Å²) in [5, 5.41) is 6.84. The number of amides is 3. The van der Waals surface area contributed by atoms with Crippen LogP contribution in [0.4, 0.5) is 16.2 Å². The van der Waals surface area contributed by atoms with Crippen molar-refractivity contribution >= 4 is 34.2 Å². The molecule has 0 bridgehead atoms. The molecule has 0 aliphatic carbocycles. The normalized spacial score (nSPS) is 15.6. The number of rotatable bonds is 8. The Bertz CT molecular complexity index is 1210. The van der Waals surface area contributed by atoms with E-state index in [-0.39, 0.29) is 18.0 Å². The Morgan fingerprint density at radius 1 is 1.08 bits per heavy atom. The number of anilines is 2. The minimum Gasteiger partial charge on any atom is -0.378 e. The number of pyridine rings is 1. The van der Waals surface area contributed by atoms with Crippen LogP contribution in [0.1, 0.15) is 17.7 Å². The van der Waals surface area contributed by atoms with Gasteiger partial charge in [0.1, 0.15) is 0 Å². The van der Waals surface area contributed by atoms with Gasteiger partial charge in [-0.3, -0.25) is 14.7 Å². The summed E-state index contributed by atoms with van der Waals surface area (Å²) in [6.45, 7) is 4.93. The highest BCUT2D eigenvalue weighted by molar-refractivity contribution is 6.00.